The van der Waals surface area contributed by atoms with Gasteiger partial charge in [0.2, 0.25) is 5.95 Å². The molecule has 5 heterocycles. The second kappa shape index (κ2) is 9.41. The zero-order chi connectivity index (χ0) is 26.3. The summed E-state index contributed by atoms with van der Waals surface area (Å²) >= 11 is 0. The summed E-state index contributed by atoms with van der Waals surface area (Å²) in [4.78, 5) is 17.1. The Morgan fingerprint density at radius 1 is 0.895 bits per heavy atom. The highest BCUT2D eigenvalue weighted by atomic mass is 19.3. The SMILES string of the molecule is OC(c1ccc(F)cc1)(c1cnc(N2CCN(c3ncnn4cc(-c5cn[nH]c5)cc34)CC2)nc1)C(F)F. The van der Waals surface area contributed by atoms with Gasteiger partial charge in [0.05, 0.1) is 6.20 Å². The molecule has 0 saturated carbocycles. The number of fused-ring (bicyclic) bond motifs is 1. The van der Waals surface area contributed by atoms with Crippen LogP contribution in [0.1, 0.15) is 11.1 Å². The van der Waals surface area contributed by atoms with E-state index in [1.165, 1.54) is 18.7 Å². The topological polar surface area (TPSA) is 111 Å². The zero-order valence-corrected chi connectivity index (χ0v) is 19.9. The van der Waals surface area contributed by atoms with E-state index in [-0.39, 0.29) is 11.1 Å². The van der Waals surface area contributed by atoms with E-state index in [1.54, 1.807) is 10.7 Å². The highest BCUT2D eigenvalue weighted by molar-refractivity contribution is 5.77. The second-order valence-electron chi connectivity index (χ2n) is 8.95. The number of rotatable bonds is 6. The number of aromatic nitrogens is 7. The van der Waals surface area contributed by atoms with E-state index >= 15 is 0 Å². The van der Waals surface area contributed by atoms with E-state index in [1.807, 2.05) is 23.4 Å². The molecule has 2 N–H and O–H groups in total. The monoisotopic (exact) mass is 521 g/mol. The molecule has 0 spiro atoms. The minimum atomic E-state index is -3.17. The molecule has 10 nitrogen and oxygen atoms in total. The van der Waals surface area contributed by atoms with Crippen molar-refractivity contribution in [2.75, 3.05) is 36.0 Å². The summed E-state index contributed by atoms with van der Waals surface area (Å²) in [6.45, 7) is 2.39. The third kappa shape index (κ3) is 4.10. The summed E-state index contributed by atoms with van der Waals surface area (Å²) in [6, 6.07) is 6.31. The lowest BCUT2D eigenvalue weighted by Gasteiger charge is -2.35. The minimum absolute atomic E-state index is 0.142. The van der Waals surface area contributed by atoms with Crippen LogP contribution in [-0.4, -0.2) is 72.5 Å². The summed E-state index contributed by atoms with van der Waals surface area (Å²) in [7, 11) is 0. The van der Waals surface area contributed by atoms with Crippen LogP contribution in [0.15, 0.2) is 67.6 Å². The van der Waals surface area contributed by atoms with E-state index in [0.29, 0.717) is 32.1 Å². The first-order valence-corrected chi connectivity index (χ1v) is 11.8. The standard InChI is InChI=1S/C25H22F3N9O/c26-20-3-1-18(2-4-20)25(38,23(27)28)19-12-29-24(30-13-19)36-7-5-35(6-8-36)22-21-9-16(17-10-32-33-11-17)14-37(21)34-15-31-22/h1-4,9-15,23,38H,5-8H2,(H,32,33). The molecular formula is C25H22F3N9O. The van der Waals surface area contributed by atoms with Gasteiger partial charge in [-0.15, -0.1) is 0 Å². The van der Waals surface area contributed by atoms with Gasteiger partial charge in [-0.1, -0.05) is 12.1 Å². The van der Waals surface area contributed by atoms with Crippen molar-refractivity contribution in [2.45, 2.75) is 12.0 Å². The number of nitrogens with zero attached hydrogens (tertiary/aromatic N) is 8. The van der Waals surface area contributed by atoms with Gasteiger partial charge < -0.3 is 14.9 Å². The Kier molecular flexibility index (Phi) is 5.91. The molecule has 1 atom stereocenters. The first kappa shape index (κ1) is 23.9. The number of benzene rings is 1. The lowest BCUT2D eigenvalue weighted by Crippen LogP contribution is -2.47. The maximum Gasteiger partial charge on any atom is 0.275 e. The van der Waals surface area contributed by atoms with Gasteiger partial charge in [-0.3, -0.25) is 5.10 Å². The molecule has 194 valence electrons. The molecule has 1 aromatic carbocycles. The van der Waals surface area contributed by atoms with Gasteiger partial charge in [0, 0.05) is 67.7 Å². The number of hydrogen-bond donors (Lipinski definition) is 2. The van der Waals surface area contributed by atoms with E-state index in [0.717, 1.165) is 46.7 Å². The molecule has 13 heteroatoms. The Balaban J connectivity index is 1.19. The van der Waals surface area contributed by atoms with Crippen LogP contribution in [0.5, 0.6) is 0 Å². The van der Waals surface area contributed by atoms with Gasteiger partial charge in [0.25, 0.3) is 6.43 Å². The van der Waals surface area contributed by atoms with Crippen LogP contribution in [0.4, 0.5) is 24.9 Å². The van der Waals surface area contributed by atoms with Gasteiger partial charge in [0.1, 0.15) is 17.7 Å². The largest absolute Gasteiger partial charge is 0.375 e. The Labute approximate surface area is 214 Å². The van der Waals surface area contributed by atoms with Gasteiger partial charge in [0.15, 0.2) is 11.4 Å². The number of nitrogens with one attached hydrogen (secondary N) is 1. The fourth-order valence-corrected chi connectivity index (χ4v) is 4.65. The van der Waals surface area contributed by atoms with Crippen LogP contribution in [-0.2, 0) is 5.60 Å². The van der Waals surface area contributed by atoms with E-state index in [4.69, 9.17) is 0 Å². The fourth-order valence-electron chi connectivity index (χ4n) is 4.65. The quantitative estimate of drug-likeness (QED) is 0.351. The normalized spacial score (nSPS) is 15.8. The molecule has 0 amide bonds. The van der Waals surface area contributed by atoms with Crippen molar-refractivity contribution in [3.8, 4) is 11.1 Å². The van der Waals surface area contributed by atoms with Crippen molar-refractivity contribution >= 4 is 17.3 Å². The molecule has 1 aliphatic heterocycles. The van der Waals surface area contributed by atoms with Crippen molar-refractivity contribution in [1.82, 2.24) is 34.8 Å². The molecule has 1 fully saturated rings. The highest BCUT2D eigenvalue weighted by Crippen LogP contribution is 2.35. The predicted octanol–water partition coefficient (Wildman–Crippen LogP) is 2.88. The van der Waals surface area contributed by atoms with Crippen molar-refractivity contribution < 1.29 is 18.3 Å². The number of anilines is 2. The molecule has 6 rings (SSSR count). The molecule has 38 heavy (non-hydrogen) atoms. The highest BCUT2D eigenvalue weighted by Gasteiger charge is 2.42. The number of alkyl halides is 2. The third-order valence-corrected chi connectivity index (χ3v) is 6.76. The summed E-state index contributed by atoms with van der Waals surface area (Å²) in [5, 5.41) is 22.0. The molecule has 0 aliphatic carbocycles. The number of H-pyrrole nitrogens is 1. The molecule has 5 aromatic rings. The van der Waals surface area contributed by atoms with Crippen LogP contribution in [0.3, 0.4) is 0 Å². The predicted molar refractivity (Wildman–Crippen MR) is 132 cm³/mol. The number of aliphatic hydroxyl groups is 1. The van der Waals surface area contributed by atoms with Gasteiger partial charge in [-0.25, -0.2) is 32.6 Å². The summed E-state index contributed by atoms with van der Waals surface area (Å²) in [5.41, 5.74) is -0.190. The van der Waals surface area contributed by atoms with Crippen LogP contribution in [0.2, 0.25) is 0 Å². The average molecular weight is 522 g/mol. The lowest BCUT2D eigenvalue weighted by atomic mass is 9.88. The van der Waals surface area contributed by atoms with Crippen molar-refractivity contribution in [2.24, 2.45) is 0 Å². The van der Waals surface area contributed by atoms with E-state index in [2.05, 4.69) is 35.1 Å². The second-order valence-corrected chi connectivity index (χ2v) is 8.95. The molecule has 1 saturated heterocycles. The molecule has 0 bridgehead atoms. The number of piperazine rings is 1. The van der Waals surface area contributed by atoms with E-state index < -0.39 is 17.8 Å². The summed E-state index contributed by atoms with van der Waals surface area (Å²) < 4.78 is 43.0. The first-order chi connectivity index (χ1) is 18.4. The lowest BCUT2D eigenvalue weighted by molar-refractivity contribution is -0.0722. The Morgan fingerprint density at radius 2 is 1.61 bits per heavy atom. The number of aromatic amines is 1. The van der Waals surface area contributed by atoms with Crippen molar-refractivity contribution in [3.63, 3.8) is 0 Å². The molecular weight excluding hydrogens is 499 g/mol. The summed E-state index contributed by atoms with van der Waals surface area (Å²) in [5.74, 6) is 0.572. The Hall–Kier alpha value is -4.52. The van der Waals surface area contributed by atoms with Crippen molar-refractivity contribution in [1.29, 1.82) is 0 Å². The van der Waals surface area contributed by atoms with Crippen molar-refractivity contribution in [3.05, 3.63) is 84.6 Å². The molecule has 1 unspecified atom stereocenters. The molecule has 0 radical (unpaired) electrons. The molecule has 4 aromatic heterocycles. The Bertz CT molecular complexity index is 1530. The Morgan fingerprint density at radius 3 is 2.26 bits per heavy atom. The maximum absolute atomic E-state index is 14.0. The fraction of sp³-hybridized carbons (Fsp3) is 0.240. The van der Waals surface area contributed by atoms with Gasteiger partial charge in [-0.2, -0.15) is 10.2 Å². The van der Waals surface area contributed by atoms with Gasteiger partial charge >= 0.3 is 0 Å². The third-order valence-electron chi connectivity index (χ3n) is 6.76. The maximum atomic E-state index is 14.0. The summed E-state index contributed by atoms with van der Waals surface area (Å²) in [6.07, 6.45) is 6.21. The van der Waals surface area contributed by atoms with Crippen LogP contribution >= 0.6 is 0 Å². The minimum Gasteiger partial charge on any atom is -0.375 e. The van der Waals surface area contributed by atoms with Crippen LogP contribution in [0, 0.1) is 5.82 Å². The van der Waals surface area contributed by atoms with Crippen LogP contribution in [0.25, 0.3) is 16.6 Å². The molecule has 1 aliphatic rings. The smallest absolute Gasteiger partial charge is 0.275 e. The van der Waals surface area contributed by atoms with Gasteiger partial charge in [-0.05, 0) is 23.8 Å². The number of hydrogen-bond acceptors (Lipinski definition) is 8. The van der Waals surface area contributed by atoms with Crippen LogP contribution < -0.4 is 9.80 Å². The zero-order valence-electron chi connectivity index (χ0n) is 19.9. The first-order valence-electron chi connectivity index (χ1n) is 11.8. The average Bonchev–Trinajstić information content (AvgIpc) is 3.63. The number of halogens is 3. The van der Waals surface area contributed by atoms with E-state index in [9.17, 15) is 18.3 Å².